The number of hydrogen-bond donors (Lipinski definition) is 1. The van der Waals surface area contributed by atoms with Crippen LogP contribution in [0.25, 0.3) is 0 Å². The van der Waals surface area contributed by atoms with E-state index in [1.165, 1.54) is 0 Å². The molecule has 9 nitrogen and oxygen atoms in total. The number of piperidine rings is 1. The summed E-state index contributed by atoms with van der Waals surface area (Å²) in [6.07, 6.45) is 5.98. The second kappa shape index (κ2) is 7.92. The Morgan fingerprint density at radius 2 is 2.03 bits per heavy atom. The van der Waals surface area contributed by atoms with Gasteiger partial charge in [-0.25, -0.2) is 9.97 Å². The highest BCUT2D eigenvalue weighted by atomic mass is 16.5. The van der Waals surface area contributed by atoms with E-state index in [1.54, 1.807) is 7.11 Å². The minimum Gasteiger partial charge on any atom is -0.478 e. The summed E-state index contributed by atoms with van der Waals surface area (Å²) in [5.74, 6) is 2.24. The van der Waals surface area contributed by atoms with Crippen molar-refractivity contribution >= 4 is 17.3 Å². The molecular formula is C24H31N7O2. The number of rotatable bonds is 2. The molecule has 2 atom stereocenters. The molecule has 9 heteroatoms. The van der Waals surface area contributed by atoms with E-state index in [9.17, 15) is 0 Å². The van der Waals surface area contributed by atoms with Gasteiger partial charge in [-0.3, -0.25) is 9.98 Å². The number of fused-ring (bicyclic) bond motifs is 2. The predicted octanol–water partition coefficient (Wildman–Crippen LogP) is 1.93. The third-order valence-corrected chi connectivity index (χ3v) is 7.82. The smallest absolute Gasteiger partial charge is 0.258 e. The number of anilines is 2. The van der Waals surface area contributed by atoms with E-state index >= 15 is 0 Å². The molecular weight excluding hydrogens is 418 g/mol. The Morgan fingerprint density at radius 1 is 1.18 bits per heavy atom. The second-order valence-corrected chi connectivity index (χ2v) is 9.61. The van der Waals surface area contributed by atoms with Crippen LogP contribution in [0.5, 0.6) is 5.88 Å². The summed E-state index contributed by atoms with van der Waals surface area (Å²) in [5, 5.41) is 0. The number of aliphatic imine (C=N–C) groups is 1. The Hall–Kier alpha value is -2.78. The molecule has 6 heterocycles. The first kappa shape index (κ1) is 20.8. The van der Waals surface area contributed by atoms with Crippen LogP contribution in [0.15, 0.2) is 23.3 Å². The Balaban J connectivity index is 1.27. The molecule has 0 unspecified atom stereocenters. The maximum atomic E-state index is 6.50. The number of amidine groups is 1. The first-order chi connectivity index (χ1) is 16.1. The van der Waals surface area contributed by atoms with Gasteiger partial charge in [-0.15, -0.1) is 0 Å². The van der Waals surface area contributed by atoms with Crippen molar-refractivity contribution in [2.45, 2.75) is 51.3 Å². The van der Waals surface area contributed by atoms with Crippen LogP contribution < -0.4 is 20.3 Å². The molecule has 1 spiro atoms. The molecule has 2 aromatic heterocycles. The summed E-state index contributed by atoms with van der Waals surface area (Å²) in [4.78, 5) is 23.9. The van der Waals surface area contributed by atoms with Crippen molar-refractivity contribution in [1.82, 2.24) is 15.0 Å². The van der Waals surface area contributed by atoms with Crippen molar-refractivity contribution in [2.75, 3.05) is 43.2 Å². The van der Waals surface area contributed by atoms with Crippen LogP contribution in [0.3, 0.4) is 0 Å². The molecule has 33 heavy (non-hydrogen) atoms. The highest BCUT2D eigenvalue weighted by Crippen LogP contribution is 2.43. The van der Waals surface area contributed by atoms with Crippen LogP contribution in [0.1, 0.15) is 43.3 Å². The average Bonchev–Trinajstić information content (AvgIpc) is 3.39. The van der Waals surface area contributed by atoms with Crippen molar-refractivity contribution in [2.24, 2.45) is 16.1 Å². The molecule has 2 saturated heterocycles. The minimum absolute atomic E-state index is 0.0687. The fourth-order valence-electron chi connectivity index (χ4n) is 5.76. The van der Waals surface area contributed by atoms with Crippen molar-refractivity contribution in [3.63, 3.8) is 0 Å². The number of ether oxygens (including phenoxy) is 2. The van der Waals surface area contributed by atoms with E-state index in [4.69, 9.17) is 30.2 Å². The lowest BCUT2D eigenvalue weighted by atomic mass is 9.73. The first-order valence-corrected chi connectivity index (χ1v) is 11.9. The lowest BCUT2D eigenvalue weighted by Crippen LogP contribution is -2.50. The third-order valence-electron chi connectivity index (χ3n) is 7.82. The summed E-state index contributed by atoms with van der Waals surface area (Å²) in [6.45, 7) is 6.00. The summed E-state index contributed by atoms with van der Waals surface area (Å²) in [7, 11) is 1.67. The number of methoxy groups -OCH3 is 1. The zero-order chi connectivity index (χ0) is 22.6. The predicted molar refractivity (Wildman–Crippen MR) is 126 cm³/mol. The highest BCUT2D eigenvalue weighted by Gasteiger charge is 2.48. The van der Waals surface area contributed by atoms with Gasteiger partial charge in [0, 0.05) is 37.3 Å². The summed E-state index contributed by atoms with van der Waals surface area (Å²) >= 11 is 0. The largest absolute Gasteiger partial charge is 0.478 e. The highest BCUT2D eigenvalue weighted by molar-refractivity contribution is 6.11. The topological polar surface area (TPSA) is 102 Å². The number of aromatic nitrogens is 3. The quantitative estimate of drug-likeness (QED) is 0.742. The fourth-order valence-corrected chi connectivity index (χ4v) is 5.76. The number of nitrogens with two attached hydrogens (primary N) is 1. The minimum atomic E-state index is 0.0687. The van der Waals surface area contributed by atoms with E-state index in [0.29, 0.717) is 12.4 Å². The number of aryl methyl sites for hydroxylation is 1. The van der Waals surface area contributed by atoms with E-state index in [-0.39, 0.29) is 17.6 Å². The van der Waals surface area contributed by atoms with E-state index in [0.717, 1.165) is 86.3 Å². The lowest BCUT2D eigenvalue weighted by Gasteiger charge is -2.41. The SMILES string of the molecule is COc1nc2c(nc1N1CCC3(CC1)CO[C@@H](C)[C@H]3N)CN=C2N1CCCc2ncccc21. The molecule has 0 saturated carbocycles. The van der Waals surface area contributed by atoms with Gasteiger partial charge < -0.3 is 25.0 Å². The summed E-state index contributed by atoms with van der Waals surface area (Å²) in [5.41, 5.74) is 10.5. The molecule has 4 aliphatic heterocycles. The summed E-state index contributed by atoms with van der Waals surface area (Å²) < 4.78 is 11.6. The Kier molecular flexibility index (Phi) is 4.99. The van der Waals surface area contributed by atoms with Crippen molar-refractivity contribution < 1.29 is 9.47 Å². The van der Waals surface area contributed by atoms with Gasteiger partial charge in [0.2, 0.25) is 0 Å². The molecule has 6 rings (SSSR count). The maximum Gasteiger partial charge on any atom is 0.258 e. The molecule has 0 bridgehead atoms. The van der Waals surface area contributed by atoms with Crippen molar-refractivity contribution in [1.29, 1.82) is 0 Å². The van der Waals surface area contributed by atoms with Crippen LogP contribution in [0.2, 0.25) is 0 Å². The van der Waals surface area contributed by atoms with Gasteiger partial charge in [0.1, 0.15) is 5.69 Å². The van der Waals surface area contributed by atoms with Crippen molar-refractivity contribution in [3.05, 3.63) is 35.4 Å². The van der Waals surface area contributed by atoms with Gasteiger partial charge in [-0.2, -0.15) is 0 Å². The van der Waals surface area contributed by atoms with E-state index in [1.807, 2.05) is 12.3 Å². The zero-order valence-electron chi connectivity index (χ0n) is 19.3. The number of pyridine rings is 1. The molecule has 2 aromatic rings. The molecule has 174 valence electrons. The normalized spacial score (nSPS) is 25.7. The number of nitrogens with zero attached hydrogens (tertiary/aromatic N) is 6. The van der Waals surface area contributed by atoms with E-state index < -0.39 is 0 Å². The molecule has 2 N–H and O–H groups in total. The second-order valence-electron chi connectivity index (χ2n) is 9.61. The maximum absolute atomic E-state index is 6.50. The summed E-state index contributed by atoms with van der Waals surface area (Å²) in [6, 6.07) is 4.18. The van der Waals surface area contributed by atoms with Crippen LogP contribution >= 0.6 is 0 Å². The van der Waals surface area contributed by atoms with E-state index in [2.05, 4.69) is 27.8 Å². The Labute approximate surface area is 194 Å². The molecule has 0 radical (unpaired) electrons. The lowest BCUT2D eigenvalue weighted by molar-refractivity contribution is 0.0973. The molecule has 0 aromatic carbocycles. The standard InChI is InChI=1S/C24H31N7O2/c1-15-20(25)24(14-33-15)7-11-30(12-8-24)22-23(32-2)29-19-17(28-22)13-27-21(19)31-10-4-5-16-18(31)6-3-9-26-16/h3,6,9,15,20H,4-5,7-8,10-14,25H2,1-2H3/t15-,20+/m0/s1. The van der Waals surface area contributed by atoms with Gasteiger partial charge in [-0.1, -0.05) is 0 Å². The van der Waals surface area contributed by atoms with Gasteiger partial charge in [0.15, 0.2) is 11.7 Å². The fraction of sp³-hybridized carbons (Fsp3) is 0.583. The Morgan fingerprint density at radius 3 is 2.79 bits per heavy atom. The van der Waals surface area contributed by atoms with Gasteiger partial charge in [-0.05, 0) is 44.7 Å². The number of hydrogen-bond acceptors (Lipinski definition) is 9. The van der Waals surface area contributed by atoms with Gasteiger partial charge in [0.05, 0.1) is 43.4 Å². The molecule has 2 fully saturated rings. The average molecular weight is 450 g/mol. The van der Waals surface area contributed by atoms with Crippen LogP contribution in [-0.4, -0.2) is 66.3 Å². The molecule has 4 aliphatic rings. The zero-order valence-corrected chi connectivity index (χ0v) is 19.3. The van der Waals surface area contributed by atoms with Crippen LogP contribution in [-0.2, 0) is 17.7 Å². The monoisotopic (exact) mass is 449 g/mol. The van der Waals surface area contributed by atoms with Crippen LogP contribution in [0.4, 0.5) is 11.5 Å². The first-order valence-electron chi connectivity index (χ1n) is 11.9. The van der Waals surface area contributed by atoms with Crippen molar-refractivity contribution in [3.8, 4) is 5.88 Å². The van der Waals surface area contributed by atoms with Crippen LogP contribution in [0, 0.1) is 5.41 Å². The third kappa shape index (κ3) is 3.28. The van der Waals surface area contributed by atoms with Gasteiger partial charge >= 0.3 is 0 Å². The Bertz CT molecular complexity index is 1100. The molecule has 0 aliphatic carbocycles. The van der Waals surface area contributed by atoms with Gasteiger partial charge in [0.25, 0.3) is 5.88 Å². The molecule has 0 amide bonds.